The Kier molecular flexibility index (Phi) is 45.8. The van der Waals surface area contributed by atoms with Gasteiger partial charge in [0.05, 0.1) is 13.2 Å². The second-order valence-corrected chi connectivity index (χ2v) is 14.0. The summed E-state index contributed by atoms with van der Waals surface area (Å²) in [7, 11) is 0. The number of carboxylic acids is 1. The molecule has 46 heavy (non-hydrogen) atoms. The zero-order valence-corrected chi connectivity index (χ0v) is 31.6. The minimum atomic E-state index is -0.654. The van der Waals surface area contributed by atoms with Gasteiger partial charge < -0.3 is 15.3 Å². The number of carboxylic acid groups (broad SMARTS) is 1. The first-order valence-corrected chi connectivity index (χ1v) is 20.8. The Hall–Kier alpha value is -0.650. The SMILES string of the molecule is CCCCCCCCCCCCCCCCC(=O)O.CCCCCCCCCCCCCCCCCCCCN(CCO)CCO. The zero-order valence-electron chi connectivity index (χ0n) is 31.6. The number of nitrogens with zero attached hydrogens (tertiary/aromatic N) is 1. The summed E-state index contributed by atoms with van der Waals surface area (Å²) in [5, 5.41) is 26.5. The first kappa shape index (κ1) is 47.5. The molecule has 5 nitrogen and oxygen atoms in total. The highest BCUT2D eigenvalue weighted by Crippen LogP contribution is 2.15. The van der Waals surface area contributed by atoms with E-state index in [2.05, 4.69) is 18.7 Å². The van der Waals surface area contributed by atoms with Crippen molar-refractivity contribution in [3.8, 4) is 0 Å². The predicted octanol–water partition coefficient (Wildman–Crippen LogP) is 12.3. The van der Waals surface area contributed by atoms with Crippen molar-refractivity contribution in [2.75, 3.05) is 32.8 Å². The topological polar surface area (TPSA) is 81.0 Å². The van der Waals surface area contributed by atoms with Crippen LogP contribution in [0.3, 0.4) is 0 Å². The lowest BCUT2D eigenvalue weighted by molar-refractivity contribution is -0.137. The first-order valence-electron chi connectivity index (χ1n) is 20.8. The Bertz CT molecular complexity index is 539. The number of aliphatic hydroxyl groups excluding tert-OH is 2. The number of rotatable bonds is 38. The van der Waals surface area contributed by atoms with Crippen molar-refractivity contribution in [1.29, 1.82) is 0 Å². The quantitative estimate of drug-likeness (QED) is 0.0577. The molecule has 0 unspecified atom stereocenters. The van der Waals surface area contributed by atoms with Crippen LogP contribution >= 0.6 is 0 Å². The minimum Gasteiger partial charge on any atom is -0.481 e. The summed E-state index contributed by atoms with van der Waals surface area (Å²) in [5.41, 5.74) is 0. The predicted molar refractivity (Wildman–Crippen MR) is 202 cm³/mol. The lowest BCUT2D eigenvalue weighted by Gasteiger charge is -2.19. The molecule has 5 heteroatoms. The molecule has 0 aromatic carbocycles. The van der Waals surface area contributed by atoms with E-state index >= 15 is 0 Å². The van der Waals surface area contributed by atoms with Crippen molar-refractivity contribution >= 4 is 5.97 Å². The third kappa shape index (κ3) is 45.5. The second-order valence-electron chi connectivity index (χ2n) is 14.0. The largest absolute Gasteiger partial charge is 0.481 e. The van der Waals surface area contributed by atoms with Gasteiger partial charge in [0.15, 0.2) is 0 Å². The molecule has 0 aliphatic heterocycles. The van der Waals surface area contributed by atoms with Crippen molar-refractivity contribution in [2.24, 2.45) is 0 Å². The van der Waals surface area contributed by atoms with Crippen LogP contribution in [0, 0.1) is 0 Å². The van der Waals surface area contributed by atoms with Crippen LogP contribution in [0.15, 0.2) is 0 Å². The third-order valence-electron chi connectivity index (χ3n) is 9.40. The fourth-order valence-electron chi connectivity index (χ4n) is 6.33. The van der Waals surface area contributed by atoms with Crippen LogP contribution in [-0.2, 0) is 4.79 Å². The van der Waals surface area contributed by atoms with E-state index in [0.717, 1.165) is 19.4 Å². The molecule has 0 aromatic rings. The molecule has 0 aliphatic rings. The minimum absolute atomic E-state index is 0.193. The molecule has 278 valence electrons. The van der Waals surface area contributed by atoms with Crippen LogP contribution in [0.5, 0.6) is 0 Å². The highest BCUT2D eigenvalue weighted by atomic mass is 16.4. The van der Waals surface area contributed by atoms with Crippen molar-refractivity contribution in [3.05, 3.63) is 0 Å². The van der Waals surface area contributed by atoms with Gasteiger partial charge in [0, 0.05) is 19.5 Å². The Balaban J connectivity index is 0. The molecule has 3 N–H and O–H groups in total. The molecule has 0 rings (SSSR count). The van der Waals surface area contributed by atoms with Gasteiger partial charge in [-0.25, -0.2) is 0 Å². The molecular weight excluding hydrogens is 570 g/mol. The lowest BCUT2D eigenvalue weighted by Crippen LogP contribution is -2.30. The van der Waals surface area contributed by atoms with Gasteiger partial charge in [-0.1, -0.05) is 206 Å². The summed E-state index contributed by atoms with van der Waals surface area (Å²) < 4.78 is 0. The molecular formula is C41H85NO4. The van der Waals surface area contributed by atoms with E-state index in [-0.39, 0.29) is 13.2 Å². The molecule has 0 atom stereocenters. The van der Waals surface area contributed by atoms with E-state index in [4.69, 9.17) is 15.3 Å². The van der Waals surface area contributed by atoms with Crippen LogP contribution in [-0.4, -0.2) is 59.0 Å². The number of aliphatic hydroxyl groups is 2. The lowest BCUT2D eigenvalue weighted by atomic mass is 10.0. The summed E-state index contributed by atoms with van der Waals surface area (Å²) in [6.07, 6.45) is 44.0. The average molecular weight is 656 g/mol. The van der Waals surface area contributed by atoms with Crippen molar-refractivity contribution in [2.45, 2.75) is 226 Å². The normalized spacial score (nSPS) is 11.2. The van der Waals surface area contributed by atoms with Gasteiger partial charge >= 0.3 is 5.97 Å². The molecule has 0 fully saturated rings. The maximum atomic E-state index is 10.3. The first-order chi connectivity index (χ1) is 22.6. The maximum absolute atomic E-state index is 10.3. The number of carbonyl (C=O) groups is 1. The zero-order chi connectivity index (χ0) is 34.0. The van der Waals surface area contributed by atoms with Crippen LogP contribution in [0.2, 0.25) is 0 Å². The molecule has 0 heterocycles. The van der Waals surface area contributed by atoms with Gasteiger partial charge in [-0.05, 0) is 19.4 Å². The van der Waals surface area contributed by atoms with Crippen LogP contribution in [0.25, 0.3) is 0 Å². The molecule has 0 amide bonds. The van der Waals surface area contributed by atoms with Gasteiger partial charge in [0.25, 0.3) is 0 Å². The van der Waals surface area contributed by atoms with E-state index in [1.165, 1.54) is 193 Å². The smallest absolute Gasteiger partial charge is 0.303 e. The Morgan fingerprint density at radius 1 is 0.370 bits per heavy atom. The summed E-state index contributed by atoms with van der Waals surface area (Å²) in [4.78, 5) is 12.5. The number of aliphatic carboxylic acids is 1. The average Bonchev–Trinajstić information content (AvgIpc) is 3.04. The van der Waals surface area contributed by atoms with E-state index in [1.807, 2.05) is 0 Å². The van der Waals surface area contributed by atoms with Crippen LogP contribution < -0.4 is 0 Å². The Morgan fingerprint density at radius 3 is 0.848 bits per heavy atom. The van der Waals surface area contributed by atoms with Crippen LogP contribution in [0.1, 0.15) is 226 Å². The monoisotopic (exact) mass is 656 g/mol. The van der Waals surface area contributed by atoms with Gasteiger partial charge in [0.1, 0.15) is 0 Å². The summed E-state index contributed by atoms with van der Waals surface area (Å²) in [6, 6.07) is 0. The summed E-state index contributed by atoms with van der Waals surface area (Å²) >= 11 is 0. The fraction of sp³-hybridized carbons (Fsp3) is 0.976. The van der Waals surface area contributed by atoms with Gasteiger partial charge in [0.2, 0.25) is 0 Å². The maximum Gasteiger partial charge on any atom is 0.303 e. The molecule has 0 aliphatic carbocycles. The van der Waals surface area contributed by atoms with Crippen molar-refractivity contribution in [1.82, 2.24) is 4.90 Å². The number of hydrogen-bond acceptors (Lipinski definition) is 4. The van der Waals surface area contributed by atoms with E-state index in [0.29, 0.717) is 19.5 Å². The van der Waals surface area contributed by atoms with Crippen LogP contribution in [0.4, 0.5) is 0 Å². The molecule has 0 spiro atoms. The number of unbranched alkanes of at least 4 members (excludes halogenated alkanes) is 30. The fourth-order valence-corrected chi connectivity index (χ4v) is 6.33. The Morgan fingerprint density at radius 2 is 0.609 bits per heavy atom. The molecule has 0 radical (unpaired) electrons. The standard InChI is InChI=1S/C24H51NO2.C17H34O2/c1-2-3-4-5-6-7-8-9-10-11-12-13-14-15-16-17-18-19-20-25(21-23-26)22-24-27;1-2-3-4-5-6-7-8-9-10-11-12-13-14-15-16-17(18)19/h26-27H,2-24H2,1H3;2-16H2,1H3,(H,18,19). The summed E-state index contributed by atoms with van der Waals surface area (Å²) in [5.74, 6) is -0.654. The van der Waals surface area contributed by atoms with E-state index in [9.17, 15) is 4.79 Å². The molecule has 0 saturated carbocycles. The van der Waals surface area contributed by atoms with E-state index < -0.39 is 5.97 Å². The molecule has 0 bridgehead atoms. The highest BCUT2D eigenvalue weighted by molar-refractivity contribution is 5.66. The highest BCUT2D eigenvalue weighted by Gasteiger charge is 2.03. The van der Waals surface area contributed by atoms with Gasteiger partial charge in [-0.3, -0.25) is 9.69 Å². The van der Waals surface area contributed by atoms with Gasteiger partial charge in [-0.2, -0.15) is 0 Å². The molecule has 0 saturated heterocycles. The van der Waals surface area contributed by atoms with Gasteiger partial charge in [-0.15, -0.1) is 0 Å². The number of hydrogen-bond donors (Lipinski definition) is 3. The van der Waals surface area contributed by atoms with Crippen molar-refractivity contribution < 1.29 is 20.1 Å². The van der Waals surface area contributed by atoms with E-state index in [1.54, 1.807) is 0 Å². The summed E-state index contributed by atoms with van der Waals surface area (Å²) in [6.45, 7) is 7.34. The second kappa shape index (κ2) is 44.4. The molecule has 0 aromatic heterocycles. The van der Waals surface area contributed by atoms with Crippen molar-refractivity contribution in [3.63, 3.8) is 0 Å². The third-order valence-corrected chi connectivity index (χ3v) is 9.40. The Labute approximate surface area is 289 Å².